The van der Waals surface area contributed by atoms with Crippen molar-refractivity contribution in [2.45, 2.75) is 33.1 Å². The second-order valence-electron chi connectivity index (χ2n) is 4.10. The van der Waals surface area contributed by atoms with E-state index in [0.29, 0.717) is 0 Å². The Morgan fingerprint density at radius 2 is 1.94 bits per heavy atom. The molecule has 0 fully saturated rings. The molecule has 1 N–H and O–H groups in total. The molecular weight excluding hydrogens is 294 g/mol. The number of nitrogens with one attached hydrogen (secondary N) is 1. The summed E-state index contributed by atoms with van der Waals surface area (Å²) < 4.78 is 0. The fraction of sp³-hybridized carbons (Fsp3) is 0.429. The Hall–Kier alpha value is -1.16. The van der Waals surface area contributed by atoms with Crippen LogP contribution in [0.2, 0.25) is 0 Å². The minimum atomic E-state index is -0.248. The Labute approximate surface area is 116 Å². The number of anilines is 1. The SMILES string of the molecule is CCc1ccc(CC)c(NC(=O)CC(=O)CBr)c1. The molecule has 1 amide bonds. The number of amides is 1. The van der Waals surface area contributed by atoms with Gasteiger partial charge in [0.1, 0.15) is 0 Å². The van der Waals surface area contributed by atoms with Gasteiger partial charge in [0.25, 0.3) is 0 Å². The van der Waals surface area contributed by atoms with Crippen molar-refractivity contribution in [3.05, 3.63) is 29.3 Å². The third-order valence-corrected chi connectivity index (χ3v) is 3.37. The number of aryl methyl sites for hydroxylation is 2. The lowest BCUT2D eigenvalue weighted by Gasteiger charge is -2.11. The van der Waals surface area contributed by atoms with Gasteiger partial charge in [-0.25, -0.2) is 0 Å². The van der Waals surface area contributed by atoms with Gasteiger partial charge in [-0.2, -0.15) is 0 Å². The zero-order valence-electron chi connectivity index (χ0n) is 10.8. The van der Waals surface area contributed by atoms with Gasteiger partial charge in [-0.15, -0.1) is 0 Å². The van der Waals surface area contributed by atoms with Crippen molar-refractivity contribution in [3.8, 4) is 0 Å². The predicted octanol–water partition coefficient (Wildman–Crippen LogP) is 3.10. The van der Waals surface area contributed by atoms with Gasteiger partial charge in [-0.05, 0) is 30.0 Å². The van der Waals surface area contributed by atoms with E-state index in [4.69, 9.17) is 0 Å². The highest BCUT2D eigenvalue weighted by molar-refractivity contribution is 9.09. The van der Waals surface area contributed by atoms with Crippen LogP contribution in [-0.4, -0.2) is 17.0 Å². The predicted molar refractivity (Wildman–Crippen MR) is 77.2 cm³/mol. The lowest BCUT2D eigenvalue weighted by molar-refractivity contribution is -0.123. The van der Waals surface area contributed by atoms with Crippen molar-refractivity contribution in [1.82, 2.24) is 0 Å². The van der Waals surface area contributed by atoms with Crippen LogP contribution >= 0.6 is 15.9 Å². The molecular formula is C14H18BrNO2. The summed E-state index contributed by atoms with van der Waals surface area (Å²) in [6.07, 6.45) is 1.70. The molecule has 0 atom stereocenters. The molecule has 0 bridgehead atoms. The number of halogens is 1. The summed E-state index contributed by atoms with van der Waals surface area (Å²) in [4.78, 5) is 22.9. The minimum absolute atomic E-state index is 0.0786. The van der Waals surface area contributed by atoms with E-state index in [1.165, 1.54) is 5.56 Å². The van der Waals surface area contributed by atoms with Crippen molar-refractivity contribution in [1.29, 1.82) is 0 Å². The number of hydrogen-bond acceptors (Lipinski definition) is 2. The third kappa shape index (κ3) is 4.26. The molecule has 0 saturated heterocycles. The first-order valence-electron chi connectivity index (χ1n) is 6.10. The van der Waals surface area contributed by atoms with Gasteiger partial charge >= 0.3 is 0 Å². The van der Waals surface area contributed by atoms with E-state index in [2.05, 4.69) is 34.2 Å². The van der Waals surface area contributed by atoms with Crippen LogP contribution < -0.4 is 5.32 Å². The van der Waals surface area contributed by atoms with Gasteiger partial charge in [0.2, 0.25) is 5.91 Å². The number of carbonyl (C=O) groups is 2. The molecule has 0 unspecified atom stereocenters. The van der Waals surface area contributed by atoms with Crippen LogP contribution in [0.1, 0.15) is 31.4 Å². The number of carbonyl (C=O) groups excluding carboxylic acids is 2. The van der Waals surface area contributed by atoms with E-state index < -0.39 is 0 Å². The first-order chi connectivity index (χ1) is 8.60. The maximum absolute atomic E-state index is 11.7. The second kappa shape index (κ2) is 7.31. The van der Waals surface area contributed by atoms with E-state index in [-0.39, 0.29) is 23.4 Å². The topological polar surface area (TPSA) is 46.2 Å². The molecule has 1 rings (SSSR count). The Bertz CT molecular complexity index is 443. The summed E-state index contributed by atoms with van der Waals surface area (Å²) in [5.74, 6) is -0.361. The number of ketones is 1. The lowest BCUT2D eigenvalue weighted by atomic mass is 10.1. The van der Waals surface area contributed by atoms with Crippen molar-refractivity contribution in [2.24, 2.45) is 0 Å². The normalized spacial score (nSPS) is 10.2. The first kappa shape index (κ1) is 14.9. The van der Waals surface area contributed by atoms with Crippen molar-refractivity contribution in [3.63, 3.8) is 0 Å². The van der Waals surface area contributed by atoms with Gasteiger partial charge in [0.15, 0.2) is 5.78 Å². The molecule has 0 spiro atoms. The minimum Gasteiger partial charge on any atom is -0.325 e. The maximum atomic E-state index is 11.7. The monoisotopic (exact) mass is 311 g/mol. The van der Waals surface area contributed by atoms with Crippen LogP contribution in [0.15, 0.2) is 18.2 Å². The Balaban J connectivity index is 2.81. The van der Waals surface area contributed by atoms with Crippen LogP contribution in [0.25, 0.3) is 0 Å². The molecule has 0 aliphatic heterocycles. The summed E-state index contributed by atoms with van der Waals surface area (Å²) in [5, 5.41) is 3.04. The highest BCUT2D eigenvalue weighted by Gasteiger charge is 2.10. The molecule has 0 radical (unpaired) electrons. The largest absolute Gasteiger partial charge is 0.325 e. The first-order valence-corrected chi connectivity index (χ1v) is 7.22. The van der Waals surface area contributed by atoms with Gasteiger partial charge in [0.05, 0.1) is 11.8 Å². The van der Waals surface area contributed by atoms with Crippen molar-refractivity contribution >= 4 is 33.3 Å². The summed E-state index contributed by atoms with van der Waals surface area (Å²) in [5.41, 5.74) is 3.09. The van der Waals surface area contributed by atoms with Crippen molar-refractivity contribution in [2.75, 3.05) is 10.6 Å². The average Bonchev–Trinajstić information content (AvgIpc) is 2.38. The van der Waals surface area contributed by atoms with Crippen LogP contribution in [0.3, 0.4) is 0 Å². The van der Waals surface area contributed by atoms with E-state index >= 15 is 0 Å². The second-order valence-corrected chi connectivity index (χ2v) is 4.66. The van der Waals surface area contributed by atoms with E-state index in [1.54, 1.807) is 0 Å². The third-order valence-electron chi connectivity index (χ3n) is 2.74. The number of hydrogen-bond donors (Lipinski definition) is 1. The van der Waals surface area contributed by atoms with Gasteiger partial charge in [0, 0.05) is 5.69 Å². The summed E-state index contributed by atoms with van der Waals surface area (Å²) in [6, 6.07) is 6.08. The molecule has 1 aromatic rings. The number of alkyl halides is 1. The standard InChI is InChI=1S/C14H18BrNO2/c1-3-10-5-6-11(4-2)13(7-10)16-14(18)8-12(17)9-15/h5-7H,3-4,8-9H2,1-2H3,(H,16,18). The molecule has 3 nitrogen and oxygen atoms in total. The molecule has 0 saturated carbocycles. The van der Waals surface area contributed by atoms with Crippen LogP contribution in [-0.2, 0) is 22.4 Å². The molecule has 98 valence electrons. The molecule has 18 heavy (non-hydrogen) atoms. The van der Waals surface area contributed by atoms with Gasteiger partial charge in [-0.1, -0.05) is 41.9 Å². The maximum Gasteiger partial charge on any atom is 0.231 e. The van der Waals surface area contributed by atoms with E-state index in [0.717, 1.165) is 24.1 Å². The van der Waals surface area contributed by atoms with Crippen LogP contribution in [0, 0.1) is 0 Å². The Morgan fingerprint density at radius 1 is 1.22 bits per heavy atom. The van der Waals surface area contributed by atoms with E-state index in [9.17, 15) is 9.59 Å². The van der Waals surface area contributed by atoms with Crippen LogP contribution in [0.4, 0.5) is 5.69 Å². The molecule has 0 aliphatic carbocycles. The van der Waals surface area contributed by atoms with Crippen LogP contribution in [0.5, 0.6) is 0 Å². The average molecular weight is 312 g/mol. The van der Waals surface area contributed by atoms with E-state index in [1.807, 2.05) is 19.1 Å². The summed E-state index contributed by atoms with van der Waals surface area (Å²) in [7, 11) is 0. The fourth-order valence-corrected chi connectivity index (χ4v) is 1.89. The zero-order valence-corrected chi connectivity index (χ0v) is 12.3. The summed E-state index contributed by atoms with van der Waals surface area (Å²) >= 11 is 3.05. The highest BCUT2D eigenvalue weighted by Crippen LogP contribution is 2.19. The molecule has 0 aromatic heterocycles. The molecule has 1 aromatic carbocycles. The fourth-order valence-electron chi connectivity index (χ4n) is 1.69. The Kier molecular flexibility index (Phi) is 6.05. The van der Waals surface area contributed by atoms with Gasteiger partial charge in [-0.3, -0.25) is 9.59 Å². The molecule has 4 heteroatoms. The zero-order chi connectivity index (χ0) is 13.5. The number of benzene rings is 1. The molecule has 0 aliphatic rings. The van der Waals surface area contributed by atoms with Crippen molar-refractivity contribution < 1.29 is 9.59 Å². The quantitative estimate of drug-likeness (QED) is 0.648. The number of rotatable bonds is 6. The lowest BCUT2D eigenvalue weighted by Crippen LogP contribution is -2.18. The smallest absolute Gasteiger partial charge is 0.231 e. The highest BCUT2D eigenvalue weighted by atomic mass is 79.9. The number of Topliss-reactive ketones (excluding diaryl/α,β-unsaturated/α-hetero) is 1. The Morgan fingerprint density at radius 3 is 2.50 bits per heavy atom. The van der Waals surface area contributed by atoms with Gasteiger partial charge < -0.3 is 5.32 Å². The summed E-state index contributed by atoms with van der Waals surface area (Å²) in [6.45, 7) is 4.11. The molecule has 0 heterocycles.